The van der Waals surface area contributed by atoms with Gasteiger partial charge in [-0.3, -0.25) is 0 Å². The maximum Gasteiger partial charge on any atom is 0.0810 e. The van der Waals surface area contributed by atoms with E-state index in [1.807, 2.05) is 11.3 Å². The van der Waals surface area contributed by atoms with Crippen molar-refractivity contribution in [1.29, 1.82) is 0 Å². The molecule has 114 valence electrons. The van der Waals surface area contributed by atoms with Crippen LogP contribution in [0.15, 0.2) is 12.1 Å². The van der Waals surface area contributed by atoms with Crippen LogP contribution >= 0.6 is 11.3 Å². The van der Waals surface area contributed by atoms with Crippen LogP contribution in [0.4, 0.5) is 0 Å². The largest absolute Gasteiger partial charge is 0.374 e. The summed E-state index contributed by atoms with van der Waals surface area (Å²) >= 11 is 1.87. The number of ether oxygens (including phenoxy) is 1. The molecule has 4 heteroatoms. The molecule has 1 N–H and O–H groups in total. The average Bonchev–Trinajstić information content (AvgIpc) is 2.89. The highest BCUT2D eigenvalue weighted by molar-refractivity contribution is 7.11. The third kappa shape index (κ3) is 5.17. The zero-order valence-corrected chi connectivity index (χ0v) is 13.7. The Bertz CT molecular complexity index is 380. The molecule has 1 aromatic heterocycles. The zero-order valence-electron chi connectivity index (χ0n) is 12.9. The number of nitrogens with one attached hydrogen (secondary N) is 1. The first kappa shape index (κ1) is 16.0. The summed E-state index contributed by atoms with van der Waals surface area (Å²) in [5.41, 5.74) is 0. The number of rotatable bonds is 8. The molecule has 1 fully saturated rings. The molecule has 1 aliphatic heterocycles. The Labute approximate surface area is 127 Å². The quantitative estimate of drug-likeness (QED) is 0.745. The third-order valence-electron chi connectivity index (χ3n) is 3.92. The Hall–Kier alpha value is -0.420. The Balaban J connectivity index is 1.66. The Morgan fingerprint density at radius 3 is 3.00 bits per heavy atom. The monoisotopic (exact) mass is 296 g/mol. The maximum atomic E-state index is 5.92. The fourth-order valence-electron chi connectivity index (χ4n) is 2.63. The molecule has 2 rings (SSSR count). The minimum absolute atomic E-state index is 0.620. The van der Waals surface area contributed by atoms with E-state index < -0.39 is 0 Å². The van der Waals surface area contributed by atoms with Gasteiger partial charge in [-0.2, -0.15) is 0 Å². The first-order valence-corrected chi connectivity index (χ1v) is 8.67. The van der Waals surface area contributed by atoms with Crippen molar-refractivity contribution in [2.45, 2.75) is 51.8 Å². The van der Waals surface area contributed by atoms with Crippen molar-refractivity contribution in [2.75, 3.05) is 26.7 Å². The van der Waals surface area contributed by atoms with Gasteiger partial charge in [-0.1, -0.05) is 13.3 Å². The van der Waals surface area contributed by atoms with Crippen LogP contribution in [0.1, 0.15) is 42.4 Å². The van der Waals surface area contributed by atoms with Crippen LogP contribution in [0.2, 0.25) is 0 Å². The zero-order chi connectivity index (χ0) is 14.2. The second-order valence-electron chi connectivity index (χ2n) is 5.69. The number of likely N-dealkylation sites (N-methyl/N-ethyl adjacent to an activating group) is 1. The van der Waals surface area contributed by atoms with Gasteiger partial charge < -0.3 is 15.0 Å². The van der Waals surface area contributed by atoms with E-state index in [1.165, 1.54) is 42.0 Å². The SMILES string of the molecule is CCCNCc1ccc(COCC2CCCCN2C)s1. The van der Waals surface area contributed by atoms with E-state index in [9.17, 15) is 0 Å². The van der Waals surface area contributed by atoms with Crippen molar-refractivity contribution in [3.8, 4) is 0 Å². The average molecular weight is 296 g/mol. The van der Waals surface area contributed by atoms with Gasteiger partial charge in [-0.05, 0) is 51.5 Å². The Morgan fingerprint density at radius 1 is 1.35 bits per heavy atom. The summed E-state index contributed by atoms with van der Waals surface area (Å²) < 4.78 is 5.92. The summed E-state index contributed by atoms with van der Waals surface area (Å²) in [6.07, 6.45) is 5.17. The van der Waals surface area contributed by atoms with Gasteiger partial charge in [0.1, 0.15) is 0 Å². The van der Waals surface area contributed by atoms with Gasteiger partial charge in [0.2, 0.25) is 0 Å². The normalized spacial score (nSPS) is 20.4. The van der Waals surface area contributed by atoms with E-state index in [2.05, 4.69) is 36.3 Å². The first-order valence-electron chi connectivity index (χ1n) is 7.86. The molecule has 0 amide bonds. The van der Waals surface area contributed by atoms with E-state index in [1.54, 1.807) is 0 Å². The molecular formula is C16H28N2OS. The van der Waals surface area contributed by atoms with Gasteiger partial charge in [-0.25, -0.2) is 0 Å². The molecule has 0 spiro atoms. The van der Waals surface area contributed by atoms with E-state index in [0.717, 1.165) is 26.3 Å². The highest BCUT2D eigenvalue weighted by atomic mass is 32.1. The molecule has 3 nitrogen and oxygen atoms in total. The molecular weight excluding hydrogens is 268 g/mol. The first-order chi connectivity index (χ1) is 9.79. The van der Waals surface area contributed by atoms with Crippen LogP contribution in [-0.2, 0) is 17.9 Å². The second-order valence-corrected chi connectivity index (χ2v) is 6.94. The van der Waals surface area contributed by atoms with Crippen molar-refractivity contribution < 1.29 is 4.74 Å². The summed E-state index contributed by atoms with van der Waals surface area (Å²) in [5, 5.41) is 3.44. The van der Waals surface area contributed by atoms with Crippen LogP contribution < -0.4 is 5.32 Å². The fraction of sp³-hybridized carbons (Fsp3) is 0.750. The van der Waals surface area contributed by atoms with Crippen LogP contribution in [0.25, 0.3) is 0 Å². The van der Waals surface area contributed by atoms with E-state index in [-0.39, 0.29) is 0 Å². The van der Waals surface area contributed by atoms with Crippen molar-refractivity contribution in [2.24, 2.45) is 0 Å². The maximum absolute atomic E-state index is 5.92. The highest BCUT2D eigenvalue weighted by Gasteiger charge is 2.18. The summed E-state index contributed by atoms with van der Waals surface area (Å²) in [6, 6.07) is 5.05. The van der Waals surface area contributed by atoms with Crippen LogP contribution in [-0.4, -0.2) is 37.7 Å². The number of piperidine rings is 1. The molecule has 1 aliphatic rings. The summed E-state index contributed by atoms with van der Waals surface area (Å²) in [7, 11) is 2.22. The van der Waals surface area contributed by atoms with Crippen LogP contribution in [0, 0.1) is 0 Å². The summed E-state index contributed by atoms with van der Waals surface area (Å²) in [4.78, 5) is 5.20. The fourth-order valence-corrected chi connectivity index (χ4v) is 3.56. The smallest absolute Gasteiger partial charge is 0.0810 e. The van der Waals surface area contributed by atoms with Gasteiger partial charge in [0, 0.05) is 22.3 Å². The molecule has 2 heterocycles. The summed E-state index contributed by atoms with van der Waals surface area (Å²) in [6.45, 7) is 7.14. The van der Waals surface area contributed by atoms with E-state index >= 15 is 0 Å². The van der Waals surface area contributed by atoms with Gasteiger partial charge in [-0.15, -0.1) is 11.3 Å². The molecule has 0 aromatic carbocycles. The highest BCUT2D eigenvalue weighted by Crippen LogP contribution is 2.19. The standard InChI is InChI=1S/C16H28N2OS/c1-3-9-17-11-15-7-8-16(20-15)13-19-12-14-6-4-5-10-18(14)2/h7-8,14,17H,3-6,9-13H2,1-2H3. The lowest BCUT2D eigenvalue weighted by Gasteiger charge is -2.32. The van der Waals surface area contributed by atoms with Crippen LogP contribution in [0.3, 0.4) is 0 Å². The summed E-state index contributed by atoms with van der Waals surface area (Å²) in [5.74, 6) is 0. The van der Waals surface area contributed by atoms with E-state index in [0.29, 0.717) is 6.04 Å². The van der Waals surface area contributed by atoms with Gasteiger partial charge in [0.25, 0.3) is 0 Å². The van der Waals surface area contributed by atoms with Crippen molar-refractivity contribution >= 4 is 11.3 Å². The topological polar surface area (TPSA) is 24.5 Å². The number of thiophene rings is 1. The lowest BCUT2D eigenvalue weighted by Crippen LogP contribution is -2.39. The molecule has 0 bridgehead atoms. The molecule has 1 unspecified atom stereocenters. The predicted octanol–water partition coefficient (Wildman–Crippen LogP) is 3.25. The molecule has 0 radical (unpaired) electrons. The lowest BCUT2D eigenvalue weighted by molar-refractivity contribution is 0.0455. The minimum Gasteiger partial charge on any atom is -0.374 e. The van der Waals surface area contributed by atoms with Crippen molar-refractivity contribution in [3.05, 3.63) is 21.9 Å². The molecule has 1 atom stereocenters. The van der Waals surface area contributed by atoms with Crippen molar-refractivity contribution in [1.82, 2.24) is 10.2 Å². The number of nitrogens with zero attached hydrogens (tertiary/aromatic N) is 1. The van der Waals surface area contributed by atoms with E-state index in [4.69, 9.17) is 4.74 Å². The molecule has 1 saturated heterocycles. The third-order valence-corrected chi connectivity index (χ3v) is 4.98. The molecule has 0 saturated carbocycles. The molecule has 1 aromatic rings. The molecule has 20 heavy (non-hydrogen) atoms. The van der Waals surface area contributed by atoms with Crippen molar-refractivity contribution in [3.63, 3.8) is 0 Å². The van der Waals surface area contributed by atoms with Crippen LogP contribution in [0.5, 0.6) is 0 Å². The van der Waals surface area contributed by atoms with Gasteiger partial charge in [0.05, 0.1) is 13.2 Å². The number of hydrogen-bond acceptors (Lipinski definition) is 4. The predicted molar refractivity (Wildman–Crippen MR) is 86.2 cm³/mol. The number of hydrogen-bond donors (Lipinski definition) is 1. The Morgan fingerprint density at radius 2 is 2.20 bits per heavy atom. The molecule has 0 aliphatic carbocycles. The minimum atomic E-state index is 0.620. The van der Waals surface area contributed by atoms with Gasteiger partial charge >= 0.3 is 0 Å². The second kappa shape index (κ2) is 8.78. The lowest BCUT2D eigenvalue weighted by atomic mass is 10.0. The number of likely N-dealkylation sites (tertiary alicyclic amines) is 1. The van der Waals surface area contributed by atoms with Gasteiger partial charge in [0.15, 0.2) is 0 Å². The Kier molecular flexibility index (Phi) is 7.00.